The SMILES string of the molecule is COc1cc(C(=O)O)cc2nc(-c3cc4ccccc4n3CC3CC3)[nH]c12. The third-order valence-corrected chi connectivity index (χ3v) is 5.21. The number of carboxylic acids is 1. The van der Waals surface area contributed by atoms with Crippen LogP contribution in [0.3, 0.4) is 0 Å². The number of imidazole rings is 1. The zero-order valence-corrected chi connectivity index (χ0v) is 14.9. The van der Waals surface area contributed by atoms with Crippen LogP contribution in [0.5, 0.6) is 5.75 Å². The summed E-state index contributed by atoms with van der Waals surface area (Å²) in [7, 11) is 1.53. The Morgan fingerprint density at radius 2 is 2.11 bits per heavy atom. The van der Waals surface area contributed by atoms with Crippen molar-refractivity contribution >= 4 is 27.9 Å². The summed E-state index contributed by atoms with van der Waals surface area (Å²) in [5.74, 6) is 0.927. The van der Waals surface area contributed by atoms with Crippen molar-refractivity contribution in [2.45, 2.75) is 19.4 Å². The Kier molecular flexibility index (Phi) is 3.47. The predicted molar refractivity (Wildman–Crippen MR) is 103 cm³/mol. The summed E-state index contributed by atoms with van der Waals surface area (Å²) in [6, 6.07) is 13.6. The lowest BCUT2D eigenvalue weighted by Crippen LogP contribution is -2.02. The molecule has 4 aromatic rings. The molecule has 1 saturated carbocycles. The molecule has 0 unspecified atom stereocenters. The second-order valence-electron chi connectivity index (χ2n) is 7.11. The minimum atomic E-state index is -0.998. The highest BCUT2D eigenvalue weighted by molar-refractivity contribution is 5.96. The van der Waals surface area contributed by atoms with Gasteiger partial charge in [0, 0.05) is 17.4 Å². The summed E-state index contributed by atoms with van der Waals surface area (Å²) in [5.41, 5.74) is 3.66. The molecule has 6 nitrogen and oxygen atoms in total. The normalized spacial score (nSPS) is 14.1. The molecule has 0 spiro atoms. The number of H-pyrrole nitrogens is 1. The van der Waals surface area contributed by atoms with Gasteiger partial charge < -0.3 is 19.4 Å². The van der Waals surface area contributed by atoms with E-state index in [0.29, 0.717) is 16.8 Å². The topological polar surface area (TPSA) is 80.1 Å². The van der Waals surface area contributed by atoms with Crippen LogP contribution < -0.4 is 4.74 Å². The molecule has 0 aliphatic heterocycles. The highest BCUT2D eigenvalue weighted by Crippen LogP contribution is 2.36. The van der Waals surface area contributed by atoms with Crippen molar-refractivity contribution in [1.82, 2.24) is 14.5 Å². The van der Waals surface area contributed by atoms with E-state index in [9.17, 15) is 9.90 Å². The van der Waals surface area contributed by atoms with Gasteiger partial charge >= 0.3 is 5.97 Å². The Labute approximate surface area is 155 Å². The molecule has 0 amide bonds. The molecule has 2 aromatic heterocycles. The van der Waals surface area contributed by atoms with Crippen molar-refractivity contribution in [2.24, 2.45) is 5.92 Å². The molecule has 0 atom stereocenters. The van der Waals surface area contributed by atoms with Gasteiger partial charge in [-0.3, -0.25) is 0 Å². The van der Waals surface area contributed by atoms with Gasteiger partial charge in [-0.1, -0.05) is 18.2 Å². The summed E-state index contributed by atoms with van der Waals surface area (Å²) in [4.78, 5) is 19.4. The van der Waals surface area contributed by atoms with Crippen molar-refractivity contribution in [1.29, 1.82) is 0 Å². The smallest absolute Gasteiger partial charge is 0.335 e. The van der Waals surface area contributed by atoms with Gasteiger partial charge in [0.15, 0.2) is 5.82 Å². The fourth-order valence-electron chi connectivity index (χ4n) is 3.65. The molecular formula is C21H19N3O3. The van der Waals surface area contributed by atoms with Gasteiger partial charge in [0.2, 0.25) is 0 Å². The van der Waals surface area contributed by atoms with Gasteiger partial charge in [-0.2, -0.15) is 0 Å². The molecule has 1 fully saturated rings. The number of carboxylic acid groups (broad SMARTS) is 1. The van der Waals surface area contributed by atoms with E-state index < -0.39 is 5.97 Å². The zero-order chi connectivity index (χ0) is 18.5. The third-order valence-electron chi connectivity index (χ3n) is 5.21. The Bertz CT molecular complexity index is 1180. The highest BCUT2D eigenvalue weighted by Gasteiger charge is 2.25. The quantitative estimate of drug-likeness (QED) is 0.555. The van der Waals surface area contributed by atoms with Crippen molar-refractivity contribution in [3.63, 3.8) is 0 Å². The summed E-state index contributed by atoms with van der Waals surface area (Å²) in [6.45, 7) is 0.970. The van der Waals surface area contributed by atoms with E-state index in [0.717, 1.165) is 24.0 Å². The molecule has 2 heterocycles. The molecule has 0 bridgehead atoms. The van der Waals surface area contributed by atoms with Gasteiger partial charge in [-0.25, -0.2) is 9.78 Å². The second kappa shape index (κ2) is 5.87. The first-order valence-electron chi connectivity index (χ1n) is 9.03. The Hall–Kier alpha value is -3.28. The van der Waals surface area contributed by atoms with Gasteiger partial charge in [-0.15, -0.1) is 0 Å². The van der Waals surface area contributed by atoms with Crippen molar-refractivity contribution in [3.8, 4) is 17.3 Å². The standard InChI is InChI=1S/C21H19N3O3/c1-27-18-10-14(21(25)26)8-15-19(18)23-20(22-15)17-9-13-4-2-3-5-16(13)24(17)11-12-6-7-12/h2-5,8-10,12H,6-7,11H2,1H3,(H,22,23)(H,25,26). The number of hydrogen-bond acceptors (Lipinski definition) is 3. The number of aromatic carboxylic acids is 1. The average Bonchev–Trinajstić information content (AvgIpc) is 3.26. The van der Waals surface area contributed by atoms with Crippen LogP contribution in [-0.2, 0) is 6.54 Å². The number of ether oxygens (including phenoxy) is 1. The largest absolute Gasteiger partial charge is 0.494 e. The minimum absolute atomic E-state index is 0.163. The Morgan fingerprint density at radius 1 is 1.30 bits per heavy atom. The van der Waals surface area contributed by atoms with E-state index in [1.165, 1.54) is 36.9 Å². The van der Waals surface area contributed by atoms with Crippen LogP contribution in [0.25, 0.3) is 33.5 Å². The van der Waals surface area contributed by atoms with Crippen molar-refractivity contribution in [3.05, 3.63) is 48.0 Å². The first-order chi connectivity index (χ1) is 13.1. The van der Waals surface area contributed by atoms with E-state index >= 15 is 0 Å². The number of aromatic amines is 1. The van der Waals surface area contributed by atoms with Crippen LogP contribution in [0.1, 0.15) is 23.2 Å². The van der Waals surface area contributed by atoms with Gasteiger partial charge in [0.05, 0.1) is 23.9 Å². The molecule has 6 heteroatoms. The number of fused-ring (bicyclic) bond motifs is 2. The Morgan fingerprint density at radius 3 is 2.85 bits per heavy atom. The summed E-state index contributed by atoms with van der Waals surface area (Å²) in [6.07, 6.45) is 2.53. The lowest BCUT2D eigenvalue weighted by molar-refractivity contribution is 0.0696. The number of rotatable bonds is 5. The predicted octanol–water partition coefficient (Wildman–Crippen LogP) is 4.30. The van der Waals surface area contributed by atoms with Crippen LogP contribution >= 0.6 is 0 Å². The van der Waals surface area contributed by atoms with Gasteiger partial charge in [0.25, 0.3) is 0 Å². The molecule has 0 saturated heterocycles. The lowest BCUT2D eigenvalue weighted by Gasteiger charge is -2.08. The average molecular weight is 361 g/mol. The number of benzene rings is 2. The molecule has 2 aromatic carbocycles. The molecule has 1 aliphatic rings. The molecule has 0 radical (unpaired) electrons. The minimum Gasteiger partial charge on any atom is -0.494 e. The fraction of sp³-hybridized carbons (Fsp3) is 0.238. The van der Waals surface area contributed by atoms with E-state index in [4.69, 9.17) is 9.72 Å². The molecule has 27 heavy (non-hydrogen) atoms. The molecule has 5 rings (SSSR count). The van der Waals surface area contributed by atoms with Crippen LogP contribution in [-0.4, -0.2) is 32.7 Å². The maximum atomic E-state index is 11.4. The number of methoxy groups -OCH3 is 1. The van der Waals surface area contributed by atoms with E-state index in [2.05, 4.69) is 33.8 Å². The number of carbonyl (C=O) groups is 1. The summed E-state index contributed by atoms with van der Waals surface area (Å²) >= 11 is 0. The van der Waals surface area contributed by atoms with Crippen LogP contribution in [0.4, 0.5) is 0 Å². The summed E-state index contributed by atoms with van der Waals surface area (Å²) < 4.78 is 7.70. The number of aromatic nitrogens is 3. The highest BCUT2D eigenvalue weighted by atomic mass is 16.5. The van der Waals surface area contributed by atoms with E-state index in [1.807, 2.05) is 6.07 Å². The fourth-order valence-corrected chi connectivity index (χ4v) is 3.65. The van der Waals surface area contributed by atoms with Gasteiger partial charge in [-0.05, 0) is 43.0 Å². The number of nitrogens with one attached hydrogen (secondary N) is 1. The van der Waals surface area contributed by atoms with Crippen LogP contribution in [0.15, 0.2) is 42.5 Å². The third kappa shape index (κ3) is 2.65. The molecule has 136 valence electrons. The lowest BCUT2D eigenvalue weighted by atomic mass is 10.2. The molecule has 1 aliphatic carbocycles. The van der Waals surface area contributed by atoms with Crippen LogP contribution in [0, 0.1) is 5.92 Å². The first kappa shape index (κ1) is 15.9. The number of nitrogens with zero attached hydrogens (tertiary/aromatic N) is 2. The van der Waals surface area contributed by atoms with E-state index in [-0.39, 0.29) is 5.56 Å². The monoisotopic (exact) mass is 361 g/mol. The van der Waals surface area contributed by atoms with E-state index in [1.54, 1.807) is 6.07 Å². The maximum absolute atomic E-state index is 11.4. The molecular weight excluding hydrogens is 342 g/mol. The zero-order valence-electron chi connectivity index (χ0n) is 14.9. The Balaban J connectivity index is 1.72. The number of hydrogen-bond donors (Lipinski definition) is 2. The van der Waals surface area contributed by atoms with Crippen LogP contribution in [0.2, 0.25) is 0 Å². The number of para-hydroxylation sites is 1. The second-order valence-corrected chi connectivity index (χ2v) is 7.11. The maximum Gasteiger partial charge on any atom is 0.335 e. The first-order valence-corrected chi connectivity index (χ1v) is 9.03. The van der Waals surface area contributed by atoms with Crippen molar-refractivity contribution in [2.75, 3.05) is 7.11 Å². The van der Waals surface area contributed by atoms with Gasteiger partial charge in [0.1, 0.15) is 11.3 Å². The summed E-state index contributed by atoms with van der Waals surface area (Å²) in [5, 5.41) is 10.5. The molecule has 2 N–H and O–H groups in total. The van der Waals surface area contributed by atoms with Crippen molar-refractivity contribution < 1.29 is 14.6 Å².